The molecule has 6 nitrogen and oxygen atoms in total. The second-order valence-corrected chi connectivity index (χ2v) is 9.48. The van der Waals surface area contributed by atoms with E-state index in [0.717, 1.165) is 29.3 Å². The minimum Gasteiger partial charge on any atom is -0.326 e. The minimum absolute atomic E-state index is 0.00870. The van der Waals surface area contributed by atoms with Crippen molar-refractivity contribution in [3.05, 3.63) is 84.6 Å². The van der Waals surface area contributed by atoms with Crippen molar-refractivity contribution in [2.24, 2.45) is 23.7 Å². The maximum atomic E-state index is 13.6. The summed E-state index contributed by atoms with van der Waals surface area (Å²) < 4.78 is 0. The van der Waals surface area contributed by atoms with Crippen LogP contribution in [0.3, 0.4) is 0 Å². The van der Waals surface area contributed by atoms with Crippen LogP contribution in [0, 0.1) is 23.7 Å². The molecule has 2 bridgehead atoms. The van der Waals surface area contributed by atoms with E-state index in [4.69, 9.17) is 0 Å². The maximum absolute atomic E-state index is 13.6. The summed E-state index contributed by atoms with van der Waals surface area (Å²) in [5, 5.41) is 3.88. The highest BCUT2D eigenvalue weighted by Gasteiger charge is 2.58. The molecule has 6 heteroatoms. The van der Waals surface area contributed by atoms with Gasteiger partial charge < -0.3 is 5.32 Å². The molecule has 34 heavy (non-hydrogen) atoms. The third-order valence-corrected chi connectivity index (χ3v) is 7.55. The van der Waals surface area contributed by atoms with Gasteiger partial charge in [-0.05, 0) is 54.5 Å². The standard InChI is InChI=1S/C28H25N3O3/c32-24(30-21-12-13-22-20(15-21)7-4-14-29-22)16-23(17-5-2-1-3-6-17)31-27(33)25-18-8-9-19(11-10-18)26(25)28(31)34/h1-9,12-15,18-19,23,25-26H,10-11,16H2,(H,30,32). The predicted octanol–water partition coefficient (Wildman–Crippen LogP) is 4.50. The number of pyridine rings is 1. The van der Waals surface area contributed by atoms with E-state index in [2.05, 4.69) is 22.5 Å². The van der Waals surface area contributed by atoms with Crippen LogP contribution in [0.25, 0.3) is 10.9 Å². The average Bonchev–Trinajstić information content (AvgIpc) is 3.16. The van der Waals surface area contributed by atoms with Gasteiger partial charge in [-0.15, -0.1) is 0 Å². The van der Waals surface area contributed by atoms with E-state index in [9.17, 15) is 14.4 Å². The number of imide groups is 1. The molecule has 3 aromatic rings. The van der Waals surface area contributed by atoms with Gasteiger partial charge in [0.05, 0.1) is 29.8 Å². The second kappa shape index (κ2) is 8.20. The first-order valence-corrected chi connectivity index (χ1v) is 11.8. The number of benzene rings is 2. The lowest BCUT2D eigenvalue weighted by atomic mass is 9.63. The third-order valence-electron chi connectivity index (χ3n) is 7.55. The van der Waals surface area contributed by atoms with Crippen molar-refractivity contribution in [2.75, 3.05) is 5.32 Å². The van der Waals surface area contributed by atoms with Gasteiger partial charge in [-0.25, -0.2) is 0 Å². The normalized spacial score (nSPS) is 26.1. The highest BCUT2D eigenvalue weighted by Crippen LogP contribution is 2.51. The molecule has 5 unspecified atom stereocenters. The van der Waals surface area contributed by atoms with Gasteiger partial charge in [0, 0.05) is 17.3 Å². The Balaban J connectivity index is 1.29. The topological polar surface area (TPSA) is 79.4 Å². The number of amides is 3. The van der Waals surface area contributed by atoms with Crippen LogP contribution in [-0.2, 0) is 14.4 Å². The summed E-state index contributed by atoms with van der Waals surface area (Å²) in [5.41, 5.74) is 2.30. The van der Waals surface area contributed by atoms with Crippen LogP contribution in [0.1, 0.15) is 30.9 Å². The Morgan fingerprint density at radius 2 is 1.65 bits per heavy atom. The predicted molar refractivity (Wildman–Crippen MR) is 128 cm³/mol. The van der Waals surface area contributed by atoms with Gasteiger partial charge in [0.2, 0.25) is 17.7 Å². The van der Waals surface area contributed by atoms with Crippen LogP contribution in [0.4, 0.5) is 5.69 Å². The molecule has 5 atom stereocenters. The van der Waals surface area contributed by atoms with Gasteiger partial charge in [-0.2, -0.15) is 0 Å². The summed E-state index contributed by atoms with van der Waals surface area (Å²) in [6.45, 7) is 0. The number of nitrogens with zero attached hydrogens (tertiary/aromatic N) is 2. The zero-order chi connectivity index (χ0) is 23.2. The number of nitrogens with one attached hydrogen (secondary N) is 1. The first-order chi connectivity index (χ1) is 16.6. The smallest absolute Gasteiger partial charge is 0.234 e. The molecule has 1 aliphatic heterocycles. The Labute approximate surface area is 197 Å². The average molecular weight is 452 g/mol. The zero-order valence-electron chi connectivity index (χ0n) is 18.6. The van der Waals surface area contributed by atoms with Gasteiger partial charge in [-0.3, -0.25) is 24.3 Å². The van der Waals surface area contributed by atoms with Crippen molar-refractivity contribution in [3.8, 4) is 0 Å². The molecule has 7 rings (SSSR count). The number of hydrogen-bond donors (Lipinski definition) is 1. The van der Waals surface area contributed by atoms with Crippen molar-refractivity contribution < 1.29 is 14.4 Å². The van der Waals surface area contributed by atoms with Crippen LogP contribution in [-0.4, -0.2) is 27.6 Å². The van der Waals surface area contributed by atoms with Crippen molar-refractivity contribution in [1.29, 1.82) is 0 Å². The molecule has 3 amide bonds. The van der Waals surface area contributed by atoms with E-state index in [1.807, 2.05) is 60.7 Å². The Morgan fingerprint density at radius 3 is 2.32 bits per heavy atom. The number of hydrogen-bond acceptors (Lipinski definition) is 4. The molecule has 1 N–H and O–H groups in total. The van der Waals surface area contributed by atoms with E-state index in [1.165, 1.54) is 4.90 Å². The molecule has 2 heterocycles. The molecular formula is C28H25N3O3. The fourth-order valence-electron chi connectivity index (χ4n) is 5.98. The molecule has 1 saturated carbocycles. The van der Waals surface area contributed by atoms with Gasteiger partial charge in [0.15, 0.2) is 0 Å². The van der Waals surface area contributed by atoms with Crippen molar-refractivity contribution in [3.63, 3.8) is 0 Å². The highest BCUT2D eigenvalue weighted by atomic mass is 16.2. The van der Waals surface area contributed by atoms with E-state index < -0.39 is 6.04 Å². The molecule has 2 aromatic carbocycles. The monoisotopic (exact) mass is 451 g/mol. The zero-order valence-corrected chi connectivity index (χ0v) is 18.6. The van der Waals surface area contributed by atoms with E-state index >= 15 is 0 Å². The van der Waals surface area contributed by atoms with Crippen molar-refractivity contribution in [2.45, 2.75) is 25.3 Å². The summed E-state index contributed by atoms with van der Waals surface area (Å²) in [5.74, 6) is -0.855. The molecule has 2 fully saturated rings. The fraction of sp³-hybridized carbons (Fsp3) is 0.286. The van der Waals surface area contributed by atoms with E-state index in [-0.39, 0.29) is 47.8 Å². The number of carbonyl (C=O) groups is 3. The summed E-state index contributed by atoms with van der Waals surface area (Å²) in [7, 11) is 0. The number of carbonyl (C=O) groups excluding carboxylic acids is 3. The number of rotatable bonds is 5. The minimum atomic E-state index is -0.631. The molecule has 3 aliphatic carbocycles. The lowest BCUT2D eigenvalue weighted by Crippen LogP contribution is -2.38. The number of aromatic nitrogens is 1. The van der Waals surface area contributed by atoms with Gasteiger partial charge in [0.1, 0.15) is 0 Å². The SMILES string of the molecule is O=C(CC(c1ccccc1)N1C(=O)C2C3C=CC(CC3)C2C1=O)Nc1ccc2ncccc2c1. The Kier molecular flexibility index (Phi) is 5.01. The summed E-state index contributed by atoms with van der Waals surface area (Å²) >= 11 is 0. The van der Waals surface area contributed by atoms with Crippen LogP contribution in [0.5, 0.6) is 0 Å². The molecule has 1 aromatic heterocycles. The lowest BCUT2D eigenvalue weighted by molar-refractivity contribution is -0.143. The van der Waals surface area contributed by atoms with Gasteiger partial charge in [-0.1, -0.05) is 48.6 Å². The molecule has 0 spiro atoms. The number of allylic oxidation sites excluding steroid dienone is 2. The number of fused-ring (bicyclic) bond motifs is 2. The first kappa shape index (κ1) is 20.8. The lowest BCUT2D eigenvalue weighted by Gasteiger charge is -2.38. The molecular weight excluding hydrogens is 426 g/mol. The third kappa shape index (κ3) is 3.41. The van der Waals surface area contributed by atoms with Crippen LogP contribution < -0.4 is 5.32 Å². The molecule has 0 radical (unpaired) electrons. The second-order valence-electron chi connectivity index (χ2n) is 9.48. The fourth-order valence-corrected chi connectivity index (χ4v) is 5.98. The van der Waals surface area contributed by atoms with E-state index in [1.54, 1.807) is 6.20 Å². The van der Waals surface area contributed by atoms with Crippen molar-refractivity contribution >= 4 is 34.3 Å². The van der Waals surface area contributed by atoms with Crippen molar-refractivity contribution in [1.82, 2.24) is 9.88 Å². The Morgan fingerprint density at radius 1 is 0.941 bits per heavy atom. The number of anilines is 1. The molecule has 4 aliphatic rings. The quantitative estimate of drug-likeness (QED) is 0.458. The summed E-state index contributed by atoms with van der Waals surface area (Å²) in [6, 6.07) is 18.1. The van der Waals surface area contributed by atoms with Crippen LogP contribution in [0.2, 0.25) is 0 Å². The van der Waals surface area contributed by atoms with Gasteiger partial charge >= 0.3 is 0 Å². The summed E-state index contributed by atoms with van der Waals surface area (Å²) in [6.07, 6.45) is 7.86. The van der Waals surface area contributed by atoms with Gasteiger partial charge in [0.25, 0.3) is 0 Å². The van der Waals surface area contributed by atoms with Crippen LogP contribution >= 0.6 is 0 Å². The molecule has 1 saturated heterocycles. The maximum Gasteiger partial charge on any atom is 0.234 e. The first-order valence-electron chi connectivity index (χ1n) is 11.8. The Bertz CT molecular complexity index is 1290. The summed E-state index contributed by atoms with van der Waals surface area (Å²) in [4.78, 5) is 46.0. The molecule has 170 valence electrons. The van der Waals surface area contributed by atoms with E-state index in [0.29, 0.717) is 5.69 Å². The number of likely N-dealkylation sites (tertiary alicyclic amines) is 1. The highest BCUT2D eigenvalue weighted by molar-refractivity contribution is 6.07. The largest absolute Gasteiger partial charge is 0.326 e. The Hall–Kier alpha value is -3.80. The van der Waals surface area contributed by atoms with Crippen LogP contribution in [0.15, 0.2) is 79.0 Å².